The molecule has 0 bridgehead atoms. The average molecular weight is 192 g/mol. The number of thiol groups is 1. The van der Waals surface area contributed by atoms with Crippen molar-refractivity contribution in [1.82, 2.24) is 0 Å². The Morgan fingerprint density at radius 2 is 2.50 bits per heavy atom. The van der Waals surface area contributed by atoms with Crippen LogP contribution in [-0.2, 0) is 9.53 Å². The SMILES string of the molecule is O=C1OCC(S)=C1SC=S. The first-order chi connectivity index (χ1) is 4.75. The first-order valence-corrected chi connectivity index (χ1v) is 4.25. The van der Waals surface area contributed by atoms with E-state index in [-0.39, 0.29) is 12.6 Å². The van der Waals surface area contributed by atoms with Gasteiger partial charge in [-0.25, -0.2) is 4.79 Å². The van der Waals surface area contributed by atoms with E-state index in [9.17, 15) is 4.79 Å². The number of hydrogen-bond donors (Lipinski definition) is 1. The average Bonchev–Trinajstić information content (AvgIpc) is 2.20. The first-order valence-electron chi connectivity index (χ1n) is 2.45. The van der Waals surface area contributed by atoms with Gasteiger partial charge in [0.25, 0.3) is 0 Å². The van der Waals surface area contributed by atoms with Crippen LogP contribution in [0, 0.1) is 0 Å². The molecule has 1 aliphatic rings. The van der Waals surface area contributed by atoms with Crippen LogP contribution in [0.25, 0.3) is 0 Å². The third-order valence-corrected chi connectivity index (χ3v) is 2.49. The summed E-state index contributed by atoms with van der Waals surface area (Å²) in [5, 5.41) is 0. The lowest BCUT2D eigenvalue weighted by atomic mass is 10.5. The molecule has 0 unspecified atom stereocenters. The summed E-state index contributed by atoms with van der Waals surface area (Å²) in [6, 6.07) is 0. The highest BCUT2D eigenvalue weighted by Gasteiger charge is 2.21. The van der Waals surface area contributed by atoms with Crippen molar-refractivity contribution in [3.63, 3.8) is 0 Å². The van der Waals surface area contributed by atoms with Gasteiger partial charge >= 0.3 is 5.97 Å². The van der Waals surface area contributed by atoms with Crippen LogP contribution in [-0.4, -0.2) is 17.3 Å². The van der Waals surface area contributed by atoms with Crippen molar-refractivity contribution in [3.05, 3.63) is 9.81 Å². The Bertz CT molecular complexity index is 209. The zero-order chi connectivity index (χ0) is 7.56. The highest BCUT2D eigenvalue weighted by molar-refractivity contribution is 8.24. The molecule has 0 amide bonds. The van der Waals surface area contributed by atoms with Crippen LogP contribution in [0.3, 0.4) is 0 Å². The molecule has 1 rings (SSSR count). The minimum Gasteiger partial charge on any atom is -0.456 e. The summed E-state index contributed by atoms with van der Waals surface area (Å²) in [5.41, 5.74) is 0. The van der Waals surface area contributed by atoms with E-state index in [1.54, 1.807) is 0 Å². The van der Waals surface area contributed by atoms with Crippen LogP contribution >= 0.6 is 36.6 Å². The summed E-state index contributed by atoms with van der Waals surface area (Å²) < 4.78 is 6.07. The van der Waals surface area contributed by atoms with E-state index in [0.717, 1.165) is 0 Å². The number of thioether (sulfide) groups is 1. The van der Waals surface area contributed by atoms with Gasteiger partial charge in [0.1, 0.15) is 11.5 Å². The standard InChI is InChI=1S/C5H4O2S3/c6-5-4(10-2-8)3(9)1-7-5/h2,9H,1H2. The minimum absolute atomic E-state index is 0.285. The molecule has 0 N–H and O–H groups in total. The van der Waals surface area contributed by atoms with Crippen LogP contribution in [0.2, 0.25) is 0 Å². The van der Waals surface area contributed by atoms with Gasteiger partial charge in [0.2, 0.25) is 0 Å². The lowest BCUT2D eigenvalue weighted by Crippen LogP contribution is -1.95. The molecule has 0 saturated carbocycles. The van der Waals surface area contributed by atoms with E-state index in [1.165, 1.54) is 16.5 Å². The van der Waals surface area contributed by atoms with Gasteiger partial charge in [0, 0.05) is 9.60 Å². The summed E-state index contributed by atoms with van der Waals surface area (Å²) in [7, 11) is 0. The fourth-order valence-electron chi connectivity index (χ4n) is 0.547. The fourth-order valence-corrected chi connectivity index (χ4v) is 1.60. The molecule has 0 aromatic rings. The Balaban J connectivity index is 2.77. The molecule has 1 heterocycles. The zero-order valence-electron chi connectivity index (χ0n) is 4.86. The molecule has 10 heavy (non-hydrogen) atoms. The number of rotatable bonds is 2. The topological polar surface area (TPSA) is 26.3 Å². The fraction of sp³-hybridized carbons (Fsp3) is 0.200. The summed E-state index contributed by atoms with van der Waals surface area (Å²) in [6.45, 7) is 0.285. The normalized spacial score (nSPS) is 17.5. The Morgan fingerprint density at radius 1 is 1.80 bits per heavy atom. The predicted octanol–water partition coefficient (Wildman–Crippen LogP) is 1.38. The van der Waals surface area contributed by atoms with E-state index in [0.29, 0.717) is 9.81 Å². The second-order valence-corrected chi connectivity index (χ2v) is 3.52. The number of carbonyl (C=O) groups is 1. The molecule has 0 atom stereocenters. The molecule has 0 saturated heterocycles. The van der Waals surface area contributed by atoms with E-state index in [2.05, 4.69) is 29.6 Å². The molecular formula is C5H4O2S3. The van der Waals surface area contributed by atoms with Gasteiger partial charge in [-0.3, -0.25) is 0 Å². The van der Waals surface area contributed by atoms with Gasteiger partial charge in [-0.05, 0) is 0 Å². The van der Waals surface area contributed by atoms with Crippen molar-refractivity contribution in [1.29, 1.82) is 0 Å². The van der Waals surface area contributed by atoms with Crippen LogP contribution < -0.4 is 0 Å². The maximum atomic E-state index is 10.8. The number of thiocarbonyl (C=S) groups is 1. The summed E-state index contributed by atoms with van der Waals surface area (Å²) in [6.07, 6.45) is 0. The number of carbonyl (C=O) groups excluding carboxylic acids is 1. The molecule has 1 aliphatic heterocycles. The van der Waals surface area contributed by atoms with E-state index >= 15 is 0 Å². The third kappa shape index (κ3) is 1.53. The van der Waals surface area contributed by atoms with E-state index in [1.807, 2.05) is 0 Å². The zero-order valence-corrected chi connectivity index (χ0v) is 7.39. The molecule has 0 radical (unpaired) electrons. The molecule has 0 aromatic heterocycles. The largest absolute Gasteiger partial charge is 0.456 e. The van der Waals surface area contributed by atoms with Crippen LogP contribution in [0.15, 0.2) is 9.81 Å². The third-order valence-electron chi connectivity index (χ3n) is 0.953. The Kier molecular flexibility index (Phi) is 2.76. The van der Waals surface area contributed by atoms with Crippen molar-refractivity contribution in [2.75, 3.05) is 6.61 Å². The van der Waals surface area contributed by atoms with Crippen LogP contribution in [0.1, 0.15) is 0 Å². The molecule has 0 aromatic carbocycles. The van der Waals surface area contributed by atoms with E-state index < -0.39 is 0 Å². The molecular weight excluding hydrogens is 188 g/mol. The van der Waals surface area contributed by atoms with Gasteiger partial charge in [-0.1, -0.05) is 24.0 Å². The molecule has 0 fully saturated rings. The minimum atomic E-state index is -0.323. The predicted molar refractivity (Wildman–Crippen MR) is 48.2 cm³/mol. The number of ether oxygens (including phenoxy) is 1. The Hall–Kier alpha value is -0.0000000000000000833. The number of hydrogen-bond acceptors (Lipinski definition) is 5. The molecule has 2 nitrogen and oxygen atoms in total. The molecule has 54 valence electrons. The Labute approximate surface area is 73.4 Å². The van der Waals surface area contributed by atoms with Crippen LogP contribution in [0.5, 0.6) is 0 Å². The lowest BCUT2D eigenvalue weighted by Gasteiger charge is -1.89. The van der Waals surface area contributed by atoms with Gasteiger partial charge < -0.3 is 4.74 Å². The summed E-state index contributed by atoms with van der Waals surface area (Å²) >= 11 is 9.76. The maximum Gasteiger partial charge on any atom is 0.346 e. The highest BCUT2D eigenvalue weighted by Crippen LogP contribution is 2.27. The molecule has 0 aliphatic carbocycles. The molecule has 5 heteroatoms. The highest BCUT2D eigenvalue weighted by atomic mass is 32.2. The second-order valence-electron chi connectivity index (χ2n) is 1.57. The second kappa shape index (κ2) is 3.41. The first kappa shape index (κ1) is 8.10. The quantitative estimate of drug-likeness (QED) is 0.406. The maximum absolute atomic E-state index is 10.8. The lowest BCUT2D eigenvalue weighted by molar-refractivity contribution is -0.135. The summed E-state index contributed by atoms with van der Waals surface area (Å²) in [5.74, 6) is -0.323. The van der Waals surface area contributed by atoms with Gasteiger partial charge in [-0.2, -0.15) is 0 Å². The number of cyclic esters (lactones) is 1. The van der Waals surface area contributed by atoms with Gasteiger partial charge in [-0.15, -0.1) is 12.6 Å². The molecule has 0 spiro atoms. The van der Waals surface area contributed by atoms with Crippen LogP contribution in [0.4, 0.5) is 0 Å². The smallest absolute Gasteiger partial charge is 0.346 e. The monoisotopic (exact) mass is 192 g/mol. The van der Waals surface area contributed by atoms with Crippen molar-refractivity contribution < 1.29 is 9.53 Å². The number of esters is 1. The van der Waals surface area contributed by atoms with E-state index in [4.69, 9.17) is 0 Å². The van der Waals surface area contributed by atoms with Crippen molar-refractivity contribution in [3.8, 4) is 0 Å². The van der Waals surface area contributed by atoms with Crippen molar-refractivity contribution in [2.24, 2.45) is 0 Å². The van der Waals surface area contributed by atoms with Crippen molar-refractivity contribution in [2.45, 2.75) is 0 Å². The summed E-state index contributed by atoms with van der Waals surface area (Å²) in [4.78, 5) is 11.9. The Morgan fingerprint density at radius 3 is 2.90 bits per heavy atom. The van der Waals surface area contributed by atoms with Crippen molar-refractivity contribution >= 4 is 47.3 Å². The van der Waals surface area contributed by atoms with Gasteiger partial charge in [0.05, 0.1) is 0 Å². The van der Waals surface area contributed by atoms with Gasteiger partial charge in [0.15, 0.2) is 0 Å².